The quantitative estimate of drug-likeness (QED) is 0.901. The molecule has 3 heteroatoms. The van der Waals surface area contributed by atoms with Gasteiger partial charge in [-0.2, -0.15) is 0 Å². The third-order valence-corrected chi connectivity index (χ3v) is 4.91. The minimum atomic E-state index is 0.0600. The maximum absolute atomic E-state index is 12.2. The number of carbonyl (C=O) groups is 1. The molecule has 1 saturated carbocycles. The monoisotopic (exact) mass is 287 g/mol. The topological polar surface area (TPSA) is 38.3 Å². The molecule has 21 heavy (non-hydrogen) atoms. The van der Waals surface area contributed by atoms with E-state index in [2.05, 4.69) is 44.3 Å². The van der Waals surface area contributed by atoms with Crippen LogP contribution in [0, 0.1) is 5.41 Å². The lowest BCUT2D eigenvalue weighted by Gasteiger charge is -2.41. The van der Waals surface area contributed by atoms with E-state index in [0.717, 1.165) is 19.4 Å². The van der Waals surface area contributed by atoms with Gasteiger partial charge < -0.3 is 10.1 Å². The van der Waals surface area contributed by atoms with E-state index in [4.69, 9.17) is 4.74 Å². The number of hydrogen-bond donors (Lipinski definition) is 1. The molecule has 2 heterocycles. The van der Waals surface area contributed by atoms with Crippen molar-refractivity contribution in [1.82, 2.24) is 5.32 Å². The van der Waals surface area contributed by atoms with Crippen molar-refractivity contribution in [2.45, 2.75) is 58.1 Å². The second-order valence-corrected chi connectivity index (χ2v) is 7.40. The van der Waals surface area contributed by atoms with E-state index in [1.165, 1.54) is 11.1 Å². The molecule has 0 unspecified atom stereocenters. The Balaban J connectivity index is 1.55. The van der Waals surface area contributed by atoms with Crippen LogP contribution < -0.4 is 5.32 Å². The molecule has 1 aliphatic carbocycles. The highest BCUT2D eigenvalue weighted by Gasteiger charge is 2.60. The molecule has 1 N–H and O–H groups in total. The molecule has 1 aromatic rings. The molecule has 0 spiro atoms. The highest BCUT2D eigenvalue weighted by atomic mass is 16.5. The first kappa shape index (κ1) is 14.6. The number of ether oxygens (including phenoxy) is 1. The molecule has 4 rings (SSSR count). The zero-order chi connectivity index (χ0) is 15.1. The maximum atomic E-state index is 12.2. The second-order valence-electron chi connectivity index (χ2n) is 7.40. The Labute approximate surface area is 127 Å². The lowest BCUT2D eigenvalue weighted by atomic mass is 9.61. The lowest BCUT2D eigenvalue weighted by Crippen LogP contribution is -2.44. The van der Waals surface area contributed by atoms with Crippen LogP contribution in [-0.2, 0) is 16.1 Å². The van der Waals surface area contributed by atoms with Crippen LogP contribution in [0.15, 0.2) is 24.3 Å². The molecule has 1 amide bonds. The highest BCUT2D eigenvalue weighted by molar-refractivity contribution is 5.77. The first-order valence-corrected chi connectivity index (χ1v) is 7.90. The highest BCUT2D eigenvalue weighted by Crippen LogP contribution is 2.59. The van der Waals surface area contributed by atoms with Crippen LogP contribution in [-0.4, -0.2) is 18.1 Å². The molecule has 2 aliphatic heterocycles. The number of hydrogen-bond acceptors (Lipinski definition) is 2. The largest absolute Gasteiger partial charge is 0.375 e. The fourth-order valence-electron chi connectivity index (χ4n) is 4.10. The molecule has 114 valence electrons. The van der Waals surface area contributed by atoms with Gasteiger partial charge in [0.15, 0.2) is 0 Å². The number of rotatable bonds is 5. The normalized spacial score (nSPS) is 30.3. The zero-order valence-electron chi connectivity index (χ0n) is 13.2. The maximum Gasteiger partial charge on any atom is 0.220 e. The van der Waals surface area contributed by atoms with Gasteiger partial charge in [0, 0.05) is 18.4 Å². The molecule has 0 radical (unpaired) electrons. The van der Waals surface area contributed by atoms with Crippen molar-refractivity contribution >= 4 is 5.91 Å². The molecule has 1 aromatic carbocycles. The van der Waals surface area contributed by atoms with Gasteiger partial charge in [-0.1, -0.05) is 38.1 Å². The van der Waals surface area contributed by atoms with E-state index in [-0.39, 0.29) is 16.9 Å². The molecular formula is C18H25NO2. The van der Waals surface area contributed by atoms with Crippen molar-refractivity contribution in [2.24, 2.45) is 5.41 Å². The molecule has 3 aliphatic rings. The molecule has 2 saturated heterocycles. The average Bonchev–Trinajstić information content (AvgIpc) is 2.89. The zero-order valence-corrected chi connectivity index (χ0v) is 13.2. The van der Waals surface area contributed by atoms with Crippen molar-refractivity contribution in [2.75, 3.05) is 6.61 Å². The van der Waals surface area contributed by atoms with E-state index < -0.39 is 0 Å². The summed E-state index contributed by atoms with van der Waals surface area (Å²) in [5, 5.41) is 3.09. The molecule has 3 fully saturated rings. The van der Waals surface area contributed by atoms with Crippen LogP contribution in [0.3, 0.4) is 0 Å². The first-order valence-electron chi connectivity index (χ1n) is 7.90. The van der Waals surface area contributed by atoms with Crippen LogP contribution in [0.5, 0.6) is 0 Å². The van der Waals surface area contributed by atoms with E-state index in [0.29, 0.717) is 18.9 Å². The van der Waals surface area contributed by atoms with Crippen LogP contribution in [0.4, 0.5) is 0 Å². The van der Waals surface area contributed by atoms with Crippen molar-refractivity contribution in [3.8, 4) is 0 Å². The number of nitrogens with one attached hydrogen (secondary N) is 1. The smallest absolute Gasteiger partial charge is 0.220 e. The summed E-state index contributed by atoms with van der Waals surface area (Å²) in [6, 6.07) is 8.35. The van der Waals surface area contributed by atoms with Gasteiger partial charge in [0.05, 0.1) is 12.2 Å². The Morgan fingerprint density at radius 3 is 2.67 bits per heavy atom. The lowest BCUT2D eigenvalue weighted by molar-refractivity contribution is -0.124. The summed E-state index contributed by atoms with van der Waals surface area (Å²) in [4.78, 5) is 12.2. The minimum absolute atomic E-state index is 0.0600. The fourth-order valence-corrected chi connectivity index (χ4v) is 4.10. The predicted molar refractivity (Wildman–Crippen MR) is 83.0 cm³/mol. The number of amides is 1. The Morgan fingerprint density at radius 1 is 1.33 bits per heavy atom. The van der Waals surface area contributed by atoms with Crippen LogP contribution in [0.25, 0.3) is 0 Å². The summed E-state index contributed by atoms with van der Waals surface area (Å²) >= 11 is 0. The number of carbonyl (C=O) groups excluding carboxylic acids is 1. The van der Waals surface area contributed by atoms with Gasteiger partial charge >= 0.3 is 0 Å². The molecule has 0 aromatic heterocycles. The van der Waals surface area contributed by atoms with Gasteiger partial charge in [0.25, 0.3) is 0 Å². The van der Waals surface area contributed by atoms with E-state index in [1.807, 2.05) is 6.07 Å². The van der Waals surface area contributed by atoms with Crippen LogP contribution in [0.1, 0.15) is 57.1 Å². The summed E-state index contributed by atoms with van der Waals surface area (Å²) < 4.78 is 5.75. The van der Waals surface area contributed by atoms with Gasteiger partial charge in [-0.25, -0.2) is 0 Å². The third kappa shape index (κ3) is 2.84. The number of fused-ring (bicyclic) bond motifs is 1. The summed E-state index contributed by atoms with van der Waals surface area (Å²) in [7, 11) is 0. The van der Waals surface area contributed by atoms with Crippen molar-refractivity contribution in [3.05, 3.63) is 35.4 Å². The molecule has 0 atom stereocenters. The Kier molecular flexibility index (Phi) is 3.56. The van der Waals surface area contributed by atoms with Gasteiger partial charge in [-0.15, -0.1) is 0 Å². The van der Waals surface area contributed by atoms with Gasteiger partial charge in [-0.3, -0.25) is 4.79 Å². The van der Waals surface area contributed by atoms with E-state index >= 15 is 0 Å². The summed E-state index contributed by atoms with van der Waals surface area (Å²) in [6.45, 7) is 7.89. The Morgan fingerprint density at radius 2 is 2.05 bits per heavy atom. The minimum Gasteiger partial charge on any atom is -0.375 e. The van der Waals surface area contributed by atoms with Gasteiger partial charge in [0.2, 0.25) is 5.91 Å². The first-order chi connectivity index (χ1) is 9.91. The van der Waals surface area contributed by atoms with Crippen molar-refractivity contribution in [1.29, 1.82) is 0 Å². The average molecular weight is 287 g/mol. The number of benzene rings is 1. The standard InChI is InChI=1S/C18H25NO2/c1-13(2)15-7-5-4-6-14(15)9-19-16(20)8-18-10-17(3,11-18)21-12-18/h4-7,13H,8-12H2,1-3H3,(H,19,20). The third-order valence-electron chi connectivity index (χ3n) is 4.91. The van der Waals surface area contributed by atoms with Crippen LogP contribution in [0.2, 0.25) is 0 Å². The summed E-state index contributed by atoms with van der Waals surface area (Å²) in [5.74, 6) is 0.633. The molecular weight excluding hydrogens is 262 g/mol. The van der Waals surface area contributed by atoms with Gasteiger partial charge in [0.1, 0.15) is 0 Å². The SMILES string of the molecule is CC(C)c1ccccc1CNC(=O)CC12COC(C)(C1)C2. The molecule has 3 nitrogen and oxygen atoms in total. The van der Waals surface area contributed by atoms with Crippen LogP contribution >= 0.6 is 0 Å². The van der Waals surface area contributed by atoms with Gasteiger partial charge in [-0.05, 0) is 36.8 Å². The fraction of sp³-hybridized carbons (Fsp3) is 0.611. The Hall–Kier alpha value is -1.35. The summed E-state index contributed by atoms with van der Waals surface area (Å²) in [6.07, 6.45) is 2.68. The van der Waals surface area contributed by atoms with Crippen molar-refractivity contribution in [3.63, 3.8) is 0 Å². The molecule has 2 bridgehead atoms. The Bertz CT molecular complexity index is 544. The van der Waals surface area contributed by atoms with Crippen molar-refractivity contribution < 1.29 is 9.53 Å². The van der Waals surface area contributed by atoms with E-state index in [9.17, 15) is 4.79 Å². The second kappa shape index (κ2) is 5.13. The summed E-state index contributed by atoms with van der Waals surface area (Å²) in [5.41, 5.74) is 2.72. The van der Waals surface area contributed by atoms with E-state index in [1.54, 1.807) is 0 Å². The predicted octanol–water partition coefficient (Wildman–Crippen LogP) is 3.39.